The minimum Gasteiger partial charge on any atom is -0.496 e. The van der Waals surface area contributed by atoms with E-state index in [2.05, 4.69) is 27.8 Å². The number of para-hydroxylation sites is 1. The number of nitrogens with zero attached hydrogens (tertiary/aromatic N) is 1. The number of rotatable bonds is 7. The Labute approximate surface area is 166 Å². The lowest BCUT2D eigenvalue weighted by molar-refractivity contribution is 0.322. The van der Waals surface area contributed by atoms with Crippen LogP contribution in [-0.2, 0) is 6.54 Å². The molecule has 0 fully saturated rings. The number of ether oxygens (including phenoxy) is 2. The summed E-state index contributed by atoms with van der Waals surface area (Å²) in [5, 5.41) is 6.51. The van der Waals surface area contributed by atoms with Crippen LogP contribution in [0.3, 0.4) is 0 Å². The van der Waals surface area contributed by atoms with Crippen molar-refractivity contribution in [3.63, 3.8) is 0 Å². The van der Waals surface area contributed by atoms with Crippen LogP contribution in [0.4, 0.5) is 0 Å². The molecule has 0 aliphatic heterocycles. The van der Waals surface area contributed by atoms with Gasteiger partial charge < -0.3 is 20.1 Å². The number of hydrogen-bond donors (Lipinski definition) is 2. The van der Waals surface area contributed by atoms with Crippen LogP contribution in [0.25, 0.3) is 0 Å². The van der Waals surface area contributed by atoms with Crippen molar-refractivity contribution in [2.45, 2.75) is 13.5 Å². The summed E-state index contributed by atoms with van der Waals surface area (Å²) in [5.74, 6) is 2.48. The van der Waals surface area contributed by atoms with E-state index in [0.717, 1.165) is 23.0 Å². The Morgan fingerprint density at radius 1 is 1.08 bits per heavy atom. The van der Waals surface area contributed by atoms with Crippen LogP contribution >= 0.6 is 24.0 Å². The molecule has 0 bridgehead atoms. The van der Waals surface area contributed by atoms with Gasteiger partial charge in [0.05, 0.1) is 13.7 Å². The first kappa shape index (κ1) is 21.1. The predicted molar refractivity (Wildman–Crippen MR) is 113 cm³/mol. The maximum absolute atomic E-state index is 5.65. The lowest BCUT2D eigenvalue weighted by atomic mass is 10.1. The zero-order valence-corrected chi connectivity index (χ0v) is 17.2. The maximum Gasteiger partial charge on any atom is 0.191 e. The van der Waals surface area contributed by atoms with Gasteiger partial charge in [0.2, 0.25) is 0 Å². The summed E-state index contributed by atoms with van der Waals surface area (Å²) in [7, 11) is 3.44. The molecule has 0 spiro atoms. The standard InChI is InChI=1S/C19H25N3O2.HI/c1-15-9-10-16(18(13-15)23-3)14-22-19(20-2)21-11-12-24-17-7-5-4-6-8-17;/h4-10,13H,11-12,14H2,1-3H3,(H2,20,21,22);1H. The van der Waals surface area contributed by atoms with Gasteiger partial charge in [-0.25, -0.2) is 0 Å². The fourth-order valence-electron chi connectivity index (χ4n) is 2.25. The predicted octanol–water partition coefficient (Wildman–Crippen LogP) is 3.37. The van der Waals surface area contributed by atoms with Crippen molar-refractivity contribution in [3.8, 4) is 11.5 Å². The van der Waals surface area contributed by atoms with Gasteiger partial charge in [0.1, 0.15) is 18.1 Å². The Balaban J connectivity index is 0.00000312. The monoisotopic (exact) mass is 455 g/mol. The van der Waals surface area contributed by atoms with E-state index in [1.165, 1.54) is 5.56 Å². The molecule has 0 saturated carbocycles. The van der Waals surface area contributed by atoms with E-state index in [4.69, 9.17) is 9.47 Å². The van der Waals surface area contributed by atoms with E-state index in [9.17, 15) is 0 Å². The van der Waals surface area contributed by atoms with Crippen molar-refractivity contribution >= 4 is 29.9 Å². The van der Waals surface area contributed by atoms with Crippen molar-refractivity contribution < 1.29 is 9.47 Å². The number of aliphatic imine (C=N–C) groups is 1. The van der Waals surface area contributed by atoms with Crippen LogP contribution in [0.1, 0.15) is 11.1 Å². The zero-order chi connectivity index (χ0) is 17.2. The molecule has 0 amide bonds. The van der Waals surface area contributed by atoms with E-state index in [1.54, 1.807) is 14.2 Å². The molecule has 0 radical (unpaired) electrons. The number of benzene rings is 2. The summed E-state index contributed by atoms with van der Waals surface area (Å²) in [6.07, 6.45) is 0. The van der Waals surface area contributed by atoms with E-state index < -0.39 is 0 Å². The zero-order valence-electron chi connectivity index (χ0n) is 14.9. The molecule has 2 N–H and O–H groups in total. The molecule has 2 aromatic rings. The fraction of sp³-hybridized carbons (Fsp3) is 0.316. The highest BCUT2D eigenvalue weighted by molar-refractivity contribution is 14.0. The van der Waals surface area contributed by atoms with Crippen molar-refractivity contribution in [3.05, 3.63) is 59.7 Å². The van der Waals surface area contributed by atoms with Gasteiger partial charge in [-0.05, 0) is 30.7 Å². The molecular formula is C19H26IN3O2. The van der Waals surface area contributed by atoms with E-state index in [1.807, 2.05) is 43.3 Å². The number of methoxy groups -OCH3 is 1. The summed E-state index contributed by atoms with van der Waals surface area (Å²) in [4.78, 5) is 4.22. The number of halogens is 1. The van der Waals surface area contributed by atoms with Crippen LogP contribution in [-0.4, -0.2) is 33.3 Å². The van der Waals surface area contributed by atoms with Crippen molar-refractivity contribution in [2.75, 3.05) is 27.3 Å². The summed E-state index contributed by atoms with van der Waals surface area (Å²) in [6, 6.07) is 15.9. The first-order valence-corrected chi connectivity index (χ1v) is 7.99. The molecule has 0 aromatic heterocycles. The molecule has 0 aliphatic rings. The normalized spacial score (nSPS) is 10.6. The lowest BCUT2D eigenvalue weighted by Crippen LogP contribution is -2.38. The van der Waals surface area contributed by atoms with E-state index in [-0.39, 0.29) is 24.0 Å². The Kier molecular flexibility index (Phi) is 9.76. The van der Waals surface area contributed by atoms with Crippen molar-refractivity contribution in [2.24, 2.45) is 4.99 Å². The van der Waals surface area contributed by atoms with E-state index >= 15 is 0 Å². The highest BCUT2D eigenvalue weighted by Crippen LogP contribution is 2.19. The molecule has 0 saturated heterocycles. The molecule has 2 rings (SSSR count). The Morgan fingerprint density at radius 2 is 1.84 bits per heavy atom. The minimum atomic E-state index is 0. The first-order valence-electron chi connectivity index (χ1n) is 7.99. The molecule has 6 heteroatoms. The van der Waals surface area contributed by atoms with Crippen LogP contribution in [0.15, 0.2) is 53.5 Å². The number of nitrogens with one attached hydrogen (secondary N) is 2. The molecule has 0 heterocycles. The lowest BCUT2D eigenvalue weighted by Gasteiger charge is -2.14. The second kappa shape index (κ2) is 11.6. The molecule has 25 heavy (non-hydrogen) atoms. The van der Waals surface area contributed by atoms with Crippen molar-refractivity contribution in [1.29, 1.82) is 0 Å². The molecule has 0 unspecified atom stereocenters. The third-order valence-electron chi connectivity index (χ3n) is 3.52. The van der Waals surface area contributed by atoms with Gasteiger partial charge in [0.25, 0.3) is 0 Å². The Hall–Kier alpha value is -1.96. The highest BCUT2D eigenvalue weighted by atomic mass is 127. The van der Waals surface area contributed by atoms with Gasteiger partial charge in [-0.15, -0.1) is 24.0 Å². The average molecular weight is 455 g/mol. The molecular weight excluding hydrogens is 429 g/mol. The fourth-order valence-corrected chi connectivity index (χ4v) is 2.25. The molecule has 136 valence electrons. The third kappa shape index (κ3) is 7.21. The Morgan fingerprint density at radius 3 is 2.52 bits per heavy atom. The molecule has 0 atom stereocenters. The Bertz CT molecular complexity index is 663. The van der Waals surface area contributed by atoms with Gasteiger partial charge in [-0.2, -0.15) is 0 Å². The van der Waals surface area contributed by atoms with E-state index in [0.29, 0.717) is 19.7 Å². The number of guanidine groups is 1. The second-order valence-corrected chi connectivity index (χ2v) is 5.33. The summed E-state index contributed by atoms with van der Waals surface area (Å²) in [6.45, 7) is 3.92. The summed E-state index contributed by atoms with van der Waals surface area (Å²) >= 11 is 0. The number of aryl methyl sites for hydroxylation is 1. The van der Waals surface area contributed by atoms with Crippen LogP contribution in [0.5, 0.6) is 11.5 Å². The maximum atomic E-state index is 5.65. The molecule has 0 aliphatic carbocycles. The molecule has 2 aromatic carbocycles. The minimum absolute atomic E-state index is 0. The van der Waals surface area contributed by atoms with Gasteiger partial charge in [-0.1, -0.05) is 30.3 Å². The summed E-state index contributed by atoms with van der Waals surface area (Å²) < 4.78 is 11.1. The SMILES string of the molecule is CN=C(NCCOc1ccccc1)NCc1ccc(C)cc1OC.I. The summed E-state index contributed by atoms with van der Waals surface area (Å²) in [5.41, 5.74) is 2.27. The van der Waals surface area contributed by atoms with Crippen molar-refractivity contribution in [1.82, 2.24) is 10.6 Å². The highest BCUT2D eigenvalue weighted by Gasteiger charge is 2.04. The molecule has 5 nitrogen and oxygen atoms in total. The average Bonchev–Trinajstić information content (AvgIpc) is 2.62. The van der Waals surface area contributed by atoms with Crippen LogP contribution < -0.4 is 20.1 Å². The van der Waals surface area contributed by atoms with Crippen LogP contribution in [0.2, 0.25) is 0 Å². The topological polar surface area (TPSA) is 54.9 Å². The first-order chi connectivity index (χ1) is 11.7. The smallest absolute Gasteiger partial charge is 0.191 e. The second-order valence-electron chi connectivity index (χ2n) is 5.33. The van der Waals surface area contributed by atoms with Gasteiger partial charge in [0, 0.05) is 19.2 Å². The van der Waals surface area contributed by atoms with Gasteiger partial charge in [-0.3, -0.25) is 4.99 Å². The van der Waals surface area contributed by atoms with Crippen LogP contribution in [0, 0.1) is 6.92 Å². The largest absolute Gasteiger partial charge is 0.496 e. The van der Waals surface area contributed by atoms with Gasteiger partial charge >= 0.3 is 0 Å². The quantitative estimate of drug-likeness (QED) is 0.291. The number of hydrogen-bond acceptors (Lipinski definition) is 3. The third-order valence-corrected chi connectivity index (χ3v) is 3.52. The van der Waals surface area contributed by atoms with Gasteiger partial charge in [0.15, 0.2) is 5.96 Å².